The van der Waals surface area contributed by atoms with E-state index in [4.69, 9.17) is 0 Å². The number of hydrogen-bond donors (Lipinski definition) is 0. The maximum atomic E-state index is 13.9. The molecule has 0 aromatic heterocycles. The number of rotatable bonds is 5. The summed E-state index contributed by atoms with van der Waals surface area (Å²) in [5.41, 5.74) is -1.21. The lowest BCUT2D eigenvalue weighted by atomic mass is 10.0. The molecule has 0 unspecified atom stereocenters. The number of thioether (sulfide) groups is 1. The van der Waals surface area contributed by atoms with Crippen molar-refractivity contribution >= 4 is 49.3 Å². The van der Waals surface area contributed by atoms with Crippen LogP contribution in [0, 0.1) is 16.2 Å². The van der Waals surface area contributed by atoms with Crippen LogP contribution in [-0.2, 0) is 0 Å². The van der Waals surface area contributed by atoms with Crippen molar-refractivity contribution in [2.75, 3.05) is 0 Å². The van der Waals surface area contributed by atoms with Crippen LogP contribution in [0.1, 0.15) is 0 Å². The first-order valence-electron chi connectivity index (χ1n) is 6.85. The fourth-order valence-electron chi connectivity index (χ4n) is 2.04. The van der Waals surface area contributed by atoms with Crippen molar-refractivity contribution in [1.29, 1.82) is 0 Å². The van der Waals surface area contributed by atoms with E-state index in [0.29, 0.717) is 0 Å². The van der Waals surface area contributed by atoms with Crippen molar-refractivity contribution < 1.29 is 35.7 Å². The molecule has 0 N–H and O–H groups in total. The molecule has 3 nitrogen and oxygen atoms in total. The molecule has 0 heterocycles. The predicted octanol–water partition coefficient (Wildman–Crippen LogP) is 7.47. The highest BCUT2D eigenvalue weighted by Gasteiger charge is 2.73. The zero-order chi connectivity index (χ0) is 21.5. The van der Waals surface area contributed by atoms with Crippen LogP contribution < -0.4 is 0 Å². The molecular weight excluding hydrogens is 551 g/mol. The molecule has 151 valence electrons. The summed E-state index contributed by atoms with van der Waals surface area (Å²) in [6, 6.07) is 8.12. The second kappa shape index (κ2) is 7.82. The summed E-state index contributed by atoms with van der Waals surface area (Å²) in [5, 5.41) is 5.61. The molecule has 2 aromatic carbocycles. The van der Waals surface area contributed by atoms with Gasteiger partial charge in [0.1, 0.15) is 0 Å². The van der Waals surface area contributed by atoms with E-state index in [-0.39, 0.29) is 20.1 Å². The Labute approximate surface area is 173 Å². The van der Waals surface area contributed by atoms with Gasteiger partial charge in [-0.15, -0.1) is 0 Å². The van der Waals surface area contributed by atoms with Gasteiger partial charge < -0.3 is 0 Å². The molecule has 0 amide bonds. The molecule has 2 rings (SSSR count). The predicted molar refractivity (Wildman–Crippen MR) is 94.6 cm³/mol. The van der Waals surface area contributed by atoms with E-state index in [1.165, 1.54) is 12.1 Å². The third-order valence-electron chi connectivity index (χ3n) is 3.28. The van der Waals surface area contributed by atoms with Crippen LogP contribution in [0.4, 0.5) is 36.4 Å². The Kier molecular flexibility index (Phi) is 6.41. The first-order valence-corrected chi connectivity index (χ1v) is 9.26. The van der Waals surface area contributed by atoms with E-state index >= 15 is 0 Å². The highest BCUT2D eigenvalue weighted by Crippen LogP contribution is 2.56. The van der Waals surface area contributed by atoms with Gasteiger partial charge in [0.2, 0.25) is 0 Å². The smallest absolute Gasteiger partial charge is 0.258 e. The summed E-state index contributed by atoms with van der Waals surface area (Å²) < 4.78 is 91.5. The number of nitro benzene ring substituents is 1. The molecule has 13 heteroatoms. The first-order chi connectivity index (χ1) is 12.7. The Morgan fingerprint density at radius 2 is 1.61 bits per heavy atom. The Bertz CT molecular complexity index is 922. The first kappa shape index (κ1) is 22.9. The monoisotopic (exact) mass is 554 g/mol. The lowest BCUT2D eigenvalue weighted by Gasteiger charge is -2.28. The molecule has 0 saturated heterocycles. The summed E-state index contributed by atoms with van der Waals surface area (Å²) in [7, 11) is 0. The van der Waals surface area contributed by atoms with Crippen molar-refractivity contribution in [2.45, 2.75) is 22.2 Å². The van der Waals surface area contributed by atoms with Gasteiger partial charge >= 0.3 is 17.4 Å². The van der Waals surface area contributed by atoms with Gasteiger partial charge in [-0.25, -0.2) is 0 Å². The number of benzene rings is 2. The zero-order valence-corrected chi connectivity index (χ0v) is 16.9. The van der Waals surface area contributed by atoms with E-state index < -0.39 is 44.6 Å². The van der Waals surface area contributed by atoms with Crippen molar-refractivity contribution in [1.82, 2.24) is 0 Å². The SMILES string of the molecule is O=[N+]([O-])c1ccccc1-c1c(Br)[c]c(Br)cc1SC(F)(F)C(F)(F)C(F)(F)F. The molecule has 0 aliphatic carbocycles. The maximum absolute atomic E-state index is 13.9. The molecule has 0 fully saturated rings. The summed E-state index contributed by atoms with van der Waals surface area (Å²) in [5.74, 6) is -6.34. The van der Waals surface area contributed by atoms with Crippen LogP contribution in [0.3, 0.4) is 0 Å². The summed E-state index contributed by atoms with van der Waals surface area (Å²) in [4.78, 5) is 9.61. The maximum Gasteiger partial charge on any atom is 0.460 e. The second-order valence-electron chi connectivity index (χ2n) is 5.14. The van der Waals surface area contributed by atoms with Gasteiger partial charge in [0.25, 0.3) is 5.69 Å². The average Bonchev–Trinajstić information content (AvgIpc) is 2.52. The third kappa shape index (κ3) is 4.30. The van der Waals surface area contributed by atoms with E-state index in [9.17, 15) is 40.8 Å². The minimum absolute atomic E-state index is 0.0460. The fraction of sp³-hybridized carbons (Fsp3) is 0.200. The second-order valence-corrected chi connectivity index (χ2v) is 7.94. The molecular formula is C15H5Br2F7NO2S. The molecule has 0 bridgehead atoms. The lowest BCUT2D eigenvalue weighted by molar-refractivity contribution is -0.384. The van der Waals surface area contributed by atoms with Crippen LogP contribution in [0.5, 0.6) is 0 Å². The molecule has 0 saturated carbocycles. The molecule has 0 spiro atoms. The van der Waals surface area contributed by atoms with Gasteiger partial charge in [-0.05, 0) is 39.8 Å². The molecule has 28 heavy (non-hydrogen) atoms. The molecule has 0 aliphatic heterocycles. The van der Waals surface area contributed by atoms with Gasteiger partial charge in [-0.1, -0.05) is 28.1 Å². The van der Waals surface area contributed by atoms with Crippen LogP contribution in [-0.4, -0.2) is 22.3 Å². The van der Waals surface area contributed by atoms with Crippen molar-refractivity contribution in [3.05, 3.63) is 55.5 Å². The van der Waals surface area contributed by atoms with E-state index in [1.807, 2.05) is 0 Å². The van der Waals surface area contributed by atoms with Crippen LogP contribution in [0.2, 0.25) is 0 Å². The molecule has 1 radical (unpaired) electrons. The van der Waals surface area contributed by atoms with E-state index in [2.05, 4.69) is 37.9 Å². The zero-order valence-electron chi connectivity index (χ0n) is 13.0. The van der Waals surface area contributed by atoms with Crippen LogP contribution in [0.25, 0.3) is 11.1 Å². The Morgan fingerprint density at radius 1 is 1.04 bits per heavy atom. The van der Waals surface area contributed by atoms with Crippen molar-refractivity contribution in [3.8, 4) is 11.1 Å². The van der Waals surface area contributed by atoms with Gasteiger partial charge in [-0.3, -0.25) is 10.1 Å². The molecule has 0 atom stereocenters. The minimum Gasteiger partial charge on any atom is -0.258 e. The van der Waals surface area contributed by atoms with Gasteiger partial charge in [-0.2, -0.15) is 30.7 Å². The van der Waals surface area contributed by atoms with Gasteiger partial charge in [0, 0.05) is 31.5 Å². The number of nitrogens with zero attached hydrogens (tertiary/aromatic N) is 1. The lowest BCUT2D eigenvalue weighted by Crippen LogP contribution is -2.49. The highest BCUT2D eigenvalue weighted by molar-refractivity contribution is 9.11. The normalized spacial score (nSPS) is 12.9. The summed E-state index contributed by atoms with van der Waals surface area (Å²) in [6.45, 7) is 0. The van der Waals surface area contributed by atoms with Gasteiger partial charge in [0.05, 0.1) is 10.5 Å². The average molecular weight is 556 g/mol. The quantitative estimate of drug-likeness (QED) is 0.166. The fourth-order valence-corrected chi connectivity index (χ4v) is 4.67. The number of alkyl halides is 7. The number of hydrogen-bond acceptors (Lipinski definition) is 3. The third-order valence-corrected chi connectivity index (χ3v) is 5.36. The Balaban J connectivity index is 2.70. The Morgan fingerprint density at radius 3 is 2.14 bits per heavy atom. The standard InChI is InChI=1S/C15H5Br2F7NO2S/c16-7-5-9(17)12(8-3-1-2-4-10(8)25(26)27)11(6-7)28-15(23,24)13(18,19)14(20,21)22/h1-4,6H. The largest absolute Gasteiger partial charge is 0.460 e. The minimum atomic E-state index is -6.50. The van der Waals surface area contributed by atoms with E-state index in [1.54, 1.807) is 0 Å². The van der Waals surface area contributed by atoms with E-state index in [0.717, 1.165) is 18.2 Å². The molecule has 0 aliphatic rings. The van der Waals surface area contributed by atoms with Crippen LogP contribution in [0.15, 0.2) is 44.2 Å². The molecule has 2 aromatic rings. The number of para-hydroxylation sites is 1. The summed E-state index contributed by atoms with van der Waals surface area (Å²) in [6.07, 6.45) is -6.50. The van der Waals surface area contributed by atoms with Crippen LogP contribution >= 0.6 is 43.6 Å². The topological polar surface area (TPSA) is 43.1 Å². The number of halogens is 9. The number of nitro groups is 1. The summed E-state index contributed by atoms with van der Waals surface area (Å²) >= 11 is 4.76. The van der Waals surface area contributed by atoms with Gasteiger partial charge in [0.15, 0.2) is 0 Å². The Hall–Kier alpha value is -1.34. The van der Waals surface area contributed by atoms with Crippen molar-refractivity contribution in [2.24, 2.45) is 0 Å². The highest BCUT2D eigenvalue weighted by atomic mass is 79.9. The van der Waals surface area contributed by atoms with Crippen molar-refractivity contribution in [3.63, 3.8) is 0 Å².